The van der Waals surface area contributed by atoms with Crippen LogP contribution in [0.2, 0.25) is 0 Å². The van der Waals surface area contributed by atoms with Gasteiger partial charge in [0, 0.05) is 13.7 Å². The standard InChI is InChI=1S/C9H21NO3S/c1-9(2)5-4-6-10-14(11,12)8-7-13-3/h9-10H,4-8H2,1-3H3. The zero-order valence-electron chi connectivity index (χ0n) is 9.25. The third-order valence-electron chi connectivity index (χ3n) is 1.84. The molecule has 0 spiro atoms. The Hall–Kier alpha value is -0.130. The predicted octanol–water partition coefficient (Wildman–Crippen LogP) is 0.988. The highest BCUT2D eigenvalue weighted by Crippen LogP contribution is 2.02. The fraction of sp³-hybridized carbons (Fsp3) is 1.00. The number of ether oxygens (including phenoxy) is 1. The summed E-state index contributed by atoms with van der Waals surface area (Å²) in [6.45, 7) is 5.03. The zero-order valence-corrected chi connectivity index (χ0v) is 10.1. The van der Waals surface area contributed by atoms with E-state index in [4.69, 9.17) is 4.74 Å². The van der Waals surface area contributed by atoms with E-state index in [1.54, 1.807) is 0 Å². The Labute approximate surface area is 87.1 Å². The highest BCUT2D eigenvalue weighted by molar-refractivity contribution is 7.89. The molecule has 0 aromatic heterocycles. The van der Waals surface area contributed by atoms with E-state index in [2.05, 4.69) is 18.6 Å². The molecule has 1 N–H and O–H groups in total. The highest BCUT2D eigenvalue weighted by Gasteiger charge is 2.08. The molecule has 0 amide bonds. The molecule has 0 fully saturated rings. The molecule has 0 heterocycles. The monoisotopic (exact) mass is 223 g/mol. The van der Waals surface area contributed by atoms with Gasteiger partial charge in [0.2, 0.25) is 10.0 Å². The first-order chi connectivity index (χ1) is 6.48. The fourth-order valence-electron chi connectivity index (χ4n) is 1.00. The van der Waals surface area contributed by atoms with Crippen LogP contribution >= 0.6 is 0 Å². The smallest absolute Gasteiger partial charge is 0.213 e. The molecule has 0 radical (unpaired) electrons. The quantitative estimate of drug-likeness (QED) is 0.624. The Bertz CT molecular complexity index is 224. The lowest BCUT2D eigenvalue weighted by molar-refractivity contribution is 0.217. The molecule has 86 valence electrons. The van der Waals surface area contributed by atoms with Crippen molar-refractivity contribution in [1.29, 1.82) is 0 Å². The predicted molar refractivity (Wildman–Crippen MR) is 57.7 cm³/mol. The normalized spacial score (nSPS) is 12.3. The Morgan fingerprint density at radius 1 is 1.36 bits per heavy atom. The molecule has 4 nitrogen and oxygen atoms in total. The van der Waals surface area contributed by atoms with Gasteiger partial charge in [-0.3, -0.25) is 0 Å². The van der Waals surface area contributed by atoms with E-state index >= 15 is 0 Å². The molecule has 0 aromatic carbocycles. The Morgan fingerprint density at radius 3 is 2.50 bits per heavy atom. The zero-order chi connectivity index (χ0) is 11.0. The highest BCUT2D eigenvalue weighted by atomic mass is 32.2. The van der Waals surface area contributed by atoms with Crippen LogP contribution < -0.4 is 4.72 Å². The minimum absolute atomic E-state index is 0.0468. The van der Waals surface area contributed by atoms with Gasteiger partial charge in [-0.1, -0.05) is 13.8 Å². The molecule has 0 aliphatic heterocycles. The molecule has 0 bridgehead atoms. The largest absolute Gasteiger partial charge is 0.384 e. The van der Waals surface area contributed by atoms with E-state index in [0.717, 1.165) is 12.8 Å². The first kappa shape index (κ1) is 13.9. The summed E-state index contributed by atoms with van der Waals surface area (Å²) in [5.41, 5.74) is 0. The van der Waals surface area contributed by atoms with Gasteiger partial charge >= 0.3 is 0 Å². The topological polar surface area (TPSA) is 55.4 Å². The van der Waals surface area contributed by atoms with E-state index in [-0.39, 0.29) is 12.4 Å². The van der Waals surface area contributed by atoms with Crippen molar-refractivity contribution in [1.82, 2.24) is 4.72 Å². The van der Waals surface area contributed by atoms with Crippen LogP contribution in [0, 0.1) is 5.92 Å². The van der Waals surface area contributed by atoms with Gasteiger partial charge in [-0.25, -0.2) is 13.1 Å². The van der Waals surface area contributed by atoms with Crippen molar-refractivity contribution >= 4 is 10.0 Å². The van der Waals surface area contributed by atoms with Gasteiger partial charge in [0.05, 0.1) is 12.4 Å². The first-order valence-electron chi connectivity index (χ1n) is 4.94. The number of hydrogen-bond acceptors (Lipinski definition) is 3. The van der Waals surface area contributed by atoms with Crippen LogP contribution in [-0.2, 0) is 14.8 Å². The fourth-order valence-corrected chi connectivity index (χ4v) is 1.99. The van der Waals surface area contributed by atoms with Crippen molar-refractivity contribution in [3.8, 4) is 0 Å². The van der Waals surface area contributed by atoms with Gasteiger partial charge in [0.15, 0.2) is 0 Å². The van der Waals surface area contributed by atoms with Crippen molar-refractivity contribution in [3.63, 3.8) is 0 Å². The third-order valence-corrected chi connectivity index (χ3v) is 3.18. The number of nitrogens with one attached hydrogen (secondary N) is 1. The van der Waals surface area contributed by atoms with Gasteiger partial charge in [-0.15, -0.1) is 0 Å². The summed E-state index contributed by atoms with van der Waals surface area (Å²) in [5.74, 6) is 0.670. The van der Waals surface area contributed by atoms with Crippen molar-refractivity contribution in [2.75, 3.05) is 26.0 Å². The number of rotatable bonds is 8. The van der Waals surface area contributed by atoms with E-state index in [9.17, 15) is 8.42 Å². The minimum atomic E-state index is -3.12. The summed E-state index contributed by atoms with van der Waals surface area (Å²) < 4.78 is 29.7. The van der Waals surface area contributed by atoms with E-state index in [1.807, 2.05) is 0 Å². The summed E-state index contributed by atoms with van der Waals surface area (Å²) in [4.78, 5) is 0. The summed E-state index contributed by atoms with van der Waals surface area (Å²) in [7, 11) is -1.62. The molecule has 0 saturated carbocycles. The maximum absolute atomic E-state index is 11.2. The van der Waals surface area contributed by atoms with Crippen LogP contribution in [0.4, 0.5) is 0 Å². The molecular weight excluding hydrogens is 202 g/mol. The number of methoxy groups -OCH3 is 1. The second-order valence-corrected chi connectivity index (χ2v) is 5.67. The van der Waals surface area contributed by atoms with Crippen LogP contribution in [0.15, 0.2) is 0 Å². The molecule has 0 aromatic rings. The lowest BCUT2D eigenvalue weighted by atomic mass is 10.1. The maximum Gasteiger partial charge on any atom is 0.213 e. The lowest BCUT2D eigenvalue weighted by Crippen LogP contribution is -2.29. The molecule has 0 atom stereocenters. The summed E-state index contributed by atoms with van der Waals surface area (Å²) in [5, 5.41) is 0. The second kappa shape index (κ2) is 7.20. The molecule has 0 aliphatic rings. The Balaban J connectivity index is 3.56. The summed E-state index contributed by atoms with van der Waals surface area (Å²) in [6, 6.07) is 0. The summed E-state index contributed by atoms with van der Waals surface area (Å²) >= 11 is 0. The van der Waals surface area contributed by atoms with Gasteiger partial charge in [0.25, 0.3) is 0 Å². The lowest BCUT2D eigenvalue weighted by Gasteiger charge is -2.07. The van der Waals surface area contributed by atoms with E-state index in [0.29, 0.717) is 12.5 Å². The van der Waals surface area contributed by atoms with Crippen molar-refractivity contribution in [2.45, 2.75) is 26.7 Å². The van der Waals surface area contributed by atoms with Gasteiger partial charge < -0.3 is 4.74 Å². The SMILES string of the molecule is COCCS(=O)(=O)NCCCC(C)C. The number of sulfonamides is 1. The average Bonchev–Trinajstić information content (AvgIpc) is 2.09. The van der Waals surface area contributed by atoms with Crippen LogP contribution in [0.1, 0.15) is 26.7 Å². The Kier molecular flexibility index (Phi) is 7.13. The van der Waals surface area contributed by atoms with Crippen LogP contribution in [0.5, 0.6) is 0 Å². The summed E-state index contributed by atoms with van der Waals surface area (Å²) in [6.07, 6.45) is 1.94. The third kappa shape index (κ3) is 8.47. The van der Waals surface area contributed by atoms with E-state index < -0.39 is 10.0 Å². The molecule has 5 heteroatoms. The number of hydrogen-bond donors (Lipinski definition) is 1. The van der Waals surface area contributed by atoms with E-state index in [1.165, 1.54) is 7.11 Å². The minimum Gasteiger partial charge on any atom is -0.384 e. The van der Waals surface area contributed by atoms with Gasteiger partial charge in [0.1, 0.15) is 0 Å². The molecule has 0 saturated heterocycles. The van der Waals surface area contributed by atoms with Crippen molar-refractivity contribution < 1.29 is 13.2 Å². The van der Waals surface area contributed by atoms with Crippen LogP contribution in [0.3, 0.4) is 0 Å². The first-order valence-corrected chi connectivity index (χ1v) is 6.59. The molecule has 0 aliphatic carbocycles. The molecule has 0 unspecified atom stereocenters. The van der Waals surface area contributed by atoms with Crippen LogP contribution in [-0.4, -0.2) is 34.4 Å². The van der Waals surface area contributed by atoms with Crippen molar-refractivity contribution in [2.24, 2.45) is 5.92 Å². The van der Waals surface area contributed by atoms with Crippen LogP contribution in [0.25, 0.3) is 0 Å². The van der Waals surface area contributed by atoms with Crippen molar-refractivity contribution in [3.05, 3.63) is 0 Å². The van der Waals surface area contributed by atoms with Gasteiger partial charge in [-0.2, -0.15) is 0 Å². The second-order valence-electron chi connectivity index (χ2n) is 3.74. The van der Waals surface area contributed by atoms with Gasteiger partial charge in [-0.05, 0) is 18.8 Å². The molecular formula is C9H21NO3S. The maximum atomic E-state index is 11.2. The molecule has 14 heavy (non-hydrogen) atoms. The molecule has 0 rings (SSSR count). The average molecular weight is 223 g/mol. The Morgan fingerprint density at radius 2 is 2.00 bits per heavy atom.